The summed E-state index contributed by atoms with van der Waals surface area (Å²) < 4.78 is 11.9. The first-order valence-electron chi connectivity index (χ1n) is 10.7. The maximum absolute atomic E-state index is 11.5. The first-order chi connectivity index (χ1) is 14.2. The zero-order valence-corrected chi connectivity index (χ0v) is 17.5. The molecule has 3 aliphatic rings. The lowest BCUT2D eigenvalue weighted by Gasteiger charge is -2.38. The van der Waals surface area contributed by atoms with Crippen molar-refractivity contribution in [3.63, 3.8) is 0 Å². The average molecular weight is 417 g/mol. The Balaban J connectivity index is 1.32. The fraction of sp³-hybridized carbons (Fsp3) is 0.667. The molecule has 2 aromatic heterocycles. The van der Waals surface area contributed by atoms with Gasteiger partial charge in [-0.1, -0.05) is 0 Å². The second-order valence-corrected chi connectivity index (χ2v) is 9.48. The minimum Gasteiger partial charge on any atom is -0.474 e. The standard InChI is InChI=1S/C21H28N4O3S/c22-17(26)11-13-1-6-16-18(13)19-20(23-12-24-21(19)29-16)28-15-4-2-14(3-5-15)25-7-9-27-10-8-25/h12-15H,1-11H2,(H2,22,26)/t13-,14?,15?/m1/s1. The Hall–Kier alpha value is -1.77. The monoisotopic (exact) mass is 416 g/mol. The normalized spacial score (nSPS) is 27.8. The van der Waals surface area contributed by atoms with Gasteiger partial charge in [0.15, 0.2) is 0 Å². The molecule has 0 bridgehead atoms. The van der Waals surface area contributed by atoms with Gasteiger partial charge in [0, 0.05) is 30.4 Å². The number of ether oxygens (including phenoxy) is 2. The molecule has 29 heavy (non-hydrogen) atoms. The van der Waals surface area contributed by atoms with Gasteiger partial charge in [-0.3, -0.25) is 9.69 Å². The molecule has 5 rings (SSSR count). The zero-order chi connectivity index (χ0) is 19.8. The highest BCUT2D eigenvalue weighted by atomic mass is 32.1. The number of hydrogen-bond acceptors (Lipinski definition) is 7. The number of hydrogen-bond donors (Lipinski definition) is 1. The van der Waals surface area contributed by atoms with Gasteiger partial charge in [0.2, 0.25) is 11.8 Å². The Morgan fingerprint density at radius 3 is 2.76 bits per heavy atom. The summed E-state index contributed by atoms with van der Waals surface area (Å²) in [7, 11) is 0. The molecule has 2 N–H and O–H groups in total. The fourth-order valence-electron chi connectivity index (χ4n) is 5.21. The van der Waals surface area contributed by atoms with E-state index in [1.807, 2.05) is 0 Å². The minimum absolute atomic E-state index is 0.168. The van der Waals surface area contributed by atoms with Crippen molar-refractivity contribution >= 4 is 27.5 Å². The number of carbonyl (C=O) groups excluding carboxylic acids is 1. The fourth-order valence-corrected chi connectivity index (χ4v) is 6.44. The molecule has 1 saturated carbocycles. The van der Waals surface area contributed by atoms with Crippen LogP contribution in [-0.4, -0.2) is 59.2 Å². The molecule has 2 fully saturated rings. The summed E-state index contributed by atoms with van der Waals surface area (Å²) in [6, 6.07) is 0.648. The van der Waals surface area contributed by atoms with Crippen molar-refractivity contribution in [3.8, 4) is 5.88 Å². The molecule has 2 aromatic rings. The van der Waals surface area contributed by atoms with E-state index in [9.17, 15) is 4.79 Å². The largest absolute Gasteiger partial charge is 0.474 e. The third-order valence-corrected chi connectivity index (χ3v) is 7.80. The van der Waals surface area contributed by atoms with Crippen LogP contribution in [-0.2, 0) is 16.0 Å². The van der Waals surface area contributed by atoms with Crippen LogP contribution >= 0.6 is 11.3 Å². The van der Waals surface area contributed by atoms with Gasteiger partial charge < -0.3 is 15.2 Å². The van der Waals surface area contributed by atoms with Crippen molar-refractivity contribution < 1.29 is 14.3 Å². The van der Waals surface area contributed by atoms with Crippen molar-refractivity contribution in [1.29, 1.82) is 0 Å². The third kappa shape index (κ3) is 3.85. The lowest BCUT2D eigenvalue weighted by atomic mass is 9.91. The smallest absolute Gasteiger partial charge is 0.225 e. The summed E-state index contributed by atoms with van der Waals surface area (Å²) in [4.78, 5) is 25.4. The average Bonchev–Trinajstić information content (AvgIpc) is 3.29. The lowest BCUT2D eigenvalue weighted by Crippen LogP contribution is -2.46. The third-order valence-electron chi connectivity index (χ3n) is 6.63. The van der Waals surface area contributed by atoms with Gasteiger partial charge in [-0.05, 0) is 50.0 Å². The topological polar surface area (TPSA) is 90.6 Å². The van der Waals surface area contributed by atoms with Crippen LogP contribution in [0.3, 0.4) is 0 Å². The van der Waals surface area contributed by atoms with E-state index in [-0.39, 0.29) is 17.9 Å². The van der Waals surface area contributed by atoms with E-state index in [2.05, 4.69) is 14.9 Å². The number of nitrogens with two attached hydrogens (primary N) is 1. The molecular weight excluding hydrogens is 388 g/mol. The number of aromatic nitrogens is 2. The predicted octanol–water partition coefficient (Wildman–Crippen LogP) is 2.62. The summed E-state index contributed by atoms with van der Waals surface area (Å²) in [5.74, 6) is 0.614. The van der Waals surface area contributed by atoms with Crippen molar-refractivity contribution in [2.24, 2.45) is 5.73 Å². The highest BCUT2D eigenvalue weighted by molar-refractivity contribution is 7.19. The van der Waals surface area contributed by atoms with Crippen LogP contribution in [0.2, 0.25) is 0 Å². The Morgan fingerprint density at radius 1 is 1.21 bits per heavy atom. The summed E-state index contributed by atoms with van der Waals surface area (Å²) >= 11 is 1.71. The van der Waals surface area contributed by atoms with Crippen LogP contribution in [0.4, 0.5) is 0 Å². The summed E-state index contributed by atoms with van der Waals surface area (Å²) in [6.07, 6.45) is 8.54. The van der Waals surface area contributed by atoms with E-state index in [0.29, 0.717) is 18.3 Å². The van der Waals surface area contributed by atoms with Crippen LogP contribution in [0.15, 0.2) is 6.33 Å². The molecule has 0 radical (unpaired) electrons. The van der Waals surface area contributed by atoms with Gasteiger partial charge in [-0.2, -0.15) is 0 Å². The highest BCUT2D eigenvalue weighted by Gasteiger charge is 2.33. The maximum atomic E-state index is 11.5. The minimum atomic E-state index is -0.247. The van der Waals surface area contributed by atoms with Crippen molar-refractivity contribution in [3.05, 3.63) is 16.8 Å². The van der Waals surface area contributed by atoms with Crippen LogP contribution in [0.5, 0.6) is 5.88 Å². The van der Waals surface area contributed by atoms with E-state index in [4.69, 9.17) is 15.2 Å². The zero-order valence-electron chi connectivity index (χ0n) is 16.6. The van der Waals surface area contributed by atoms with Crippen LogP contribution in [0.25, 0.3) is 10.2 Å². The molecule has 1 saturated heterocycles. The molecule has 7 nitrogen and oxygen atoms in total. The molecule has 0 spiro atoms. The van der Waals surface area contributed by atoms with Gasteiger partial charge >= 0.3 is 0 Å². The molecule has 8 heteroatoms. The van der Waals surface area contributed by atoms with E-state index in [1.54, 1.807) is 17.7 Å². The molecular formula is C21H28N4O3S. The second kappa shape index (κ2) is 8.16. The summed E-state index contributed by atoms with van der Waals surface area (Å²) in [5, 5.41) is 1.02. The highest BCUT2D eigenvalue weighted by Crippen LogP contribution is 2.47. The number of carbonyl (C=O) groups is 1. The van der Waals surface area contributed by atoms with Gasteiger partial charge in [0.1, 0.15) is 17.3 Å². The molecule has 2 aliphatic carbocycles. The van der Waals surface area contributed by atoms with Crippen LogP contribution < -0.4 is 10.5 Å². The lowest BCUT2D eigenvalue weighted by molar-refractivity contribution is -0.118. The van der Waals surface area contributed by atoms with Crippen LogP contribution in [0.1, 0.15) is 54.9 Å². The Morgan fingerprint density at radius 2 is 2.00 bits per heavy atom. The van der Waals surface area contributed by atoms with E-state index in [1.165, 1.54) is 10.4 Å². The van der Waals surface area contributed by atoms with Crippen molar-refractivity contribution in [2.75, 3.05) is 26.3 Å². The molecule has 0 unspecified atom stereocenters. The number of amides is 1. The number of rotatable bonds is 5. The molecule has 156 valence electrons. The molecule has 3 heterocycles. The second-order valence-electron chi connectivity index (χ2n) is 8.40. The molecule has 0 aromatic carbocycles. The number of aryl methyl sites for hydroxylation is 1. The Kier molecular flexibility index (Phi) is 5.41. The molecule has 1 atom stereocenters. The summed E-state index contributed by atoms with van der Waals surface area (Å²) in [6.45, 7) is 3.80. The number of fused-ring (bicyclic) bond motifs is 3. The number of nitrogens with zero attached hydrogens (tertiary/aromatic N) is 3. The van der Waals surface area contributed by atoms with Crippen molar-refractivity contribution in [1.82, 2.24) is 14.9 Å². The quantitative estimate of drug-likeness (QED) is 0.806. The Bertz CT molecular complexity index is 887. The van der Waals surface area contributed by atoms with Gasteiger partial charge in [-0.15, -0.1) is 11.3 Å². The van der Waals surface area contributed by atoms with Crippen LogP contribution in [0, 0.1) is 0 Å². The molecule has 1 aliphatic heterocycles. The van der Waals surface area contributed by atoms with Gasteiger partial charge in [0.05, 0.1) is 18.6 Å². The predicted molar refractivity (Wildman–Crippen MR) is 111 cm³/mol. The number of thiophene rings is 1. The number of morpholine rings is 1. The summed E-state index contributed by atoms with van der Waals surface area (Å²) in [5.41, 5.74) is 6.70. The van der Waals surface area contributed by atoms with Crippen molar-refractivity contribution in [2.45, 2.75) is 63.0 Å². The first kappa shape index (κ1) is 19.2. The first-order valence-corrected chi connectivity index (χ1v) is 11.5. The Labute approximate surface area is 174 Å². The maximum Gasteiger partial charge on any atom is 0.225 e. The van der Waals surface area contributed by atoms with E-state index >= 15 is 0 Å². The molecule has 1 amide bonds. The van der Waals surface area contributed by atoms with Gasteiger partial charge in [-0.25, -0.2) is 9.97 Å². The van der Waals surface area contributed by atoms with E-state index in [0.717, 1.165) is 75.0 Å². The van der Waals surface area contributed by atoms with E-state index < -0.39 is 0 Å². The SMILES string of the molecule is NC(=O)C[C@H]1CCc2sc3ncnc(OC4CCC(N5CCOCC5)CC4)c3c21. The van der Waals surface area contributed by atoms with Gasteiger partial charge in [0.25, 0.3) is 0 Å². The number of primary amides is 1.